The number of rotatable bonds is 6. The zero-order valence-electron chi connectivity index (χ0n) is 12.3. The van der Waals surface area contributed by atoms with Gasteiger partial charge in [-0.15, -0.1) is 11.3 Å². The van der Waals surface area contributed by atoms with E-state index in [1.54, 1.807) is 36.4 Å². The third-order valence-corrected chi connectivity index (χ3v) is 4.50. The number of benzene rings is 1. The highest BCUT2D eigenvalue weighted by molar-refractivity contribution is 9.11. The van der Waals surface area contributed by atoms with Crippen molar-refractivity contribution in [1.82, 2.24) is 0 Å². The van der Waals surface area contributed by atoms with Gasteiger partial charge in [-0.05, 0) is 45.8 Å². The lowest BCUT2D eigenvalue weighted by Gasteiger charge is -2.05. The molecule has 2 rings (SSSR count). The van der Waals surface area contributed by atoms with E-state index in [1.807, 2.05) is 0 Å². The molecule has 0 saturated heterocycles. The van der Waals surface area contributed by atoms with E-state index in [0.29, 0.717) is 10.6 Å². The molecule has 0 fully saturated rings. The summed E-state index contributed by atoms with van der Waals surface area (Å²) >= 11 is 4.58. The number of ketones is 1. The number of halogens is 1. The lowest BCUT2D eigenvalue weighted by atomic mass is 10.1. The van der Waals surface area contributed by atoms with Crippen LogP contribution in [0.5, 0.6) is 0 Å². The Bertz CT molecular complexity index is 724. The van der Waals surface area contributed by atoms with Crippen molar-refractivity contribution in [2.75, 3.05) is 11.9 Å². The van der Waals surface area contributed by atoms with Crippen LogP contribution >= 0.6 is 27.3 Å². The summed E-state index contributed by atoms with van der Waals surface area (Å²) in [7, 11) is 0. The smallest absolute Gasteiger partial charge is 0.310 e. The van der Waals surface area contributed by atoms with Crippen LogP contribution in [0.25, 0.3) is 0 Å². The van der Waals surface area contributed by atoms with Gasteiger partial charge < -0.3 is 10.1 Å². The van der Waals surface area contributed by atoms with Gasteiger partial charge in [0.25, 0.3) is 0 Å². The molecule has 1 aromatic heterocycles. The highest BCUT2D eigenvalue weighted by Crippen LogP contribution is 2.22. The number of amides is 1. The molecule has 1 aromatic carbocycles. The van der Waals surface area contributed by atoms with E-state index in [9.17, 15) is 14.4 Å². The minimum atomic E-state index is -0.471. The Hall–Kier alpha value is -1.99. The normalized spacial score (nSPS) is 10.2. The topological polar surface area (TPSA) is 72.5 Å². The van der Waals surface area contributed by atoms with Crippen molar-refractivity contribution < 1.29 is 19.1 Å². The lowest BCUT2D eigenvalue weighted by Crippen LogP contribution is -2.15. The van der Waals surface area contributed by atoms with Crippen LogP contribution in [0.15, 0.2) is 40.2 Å². The first-order valence-corrected chi connectivity index (χ1v) is 8.35. The van der Waals surface area contributed by atoms with Gasteiger partial charge in [-0.2, -0.15) is 0 Å². The molecule has 0 atom stereocenters. The molecule has 0 aliphatic carbocycles. The molecule has 23 heavy (non-hydrogen) atoms. The second-order valence-corrected chi connectivity index (χ2v) is 7.21. The number of ether oxygens (including phenoxy) is 1. The quantitative estimate of drug-likeness (QED) is 0.600. The average Bonchev–Trinajstić information content (AvgIpc) is 2.93. The van der Waals surface area contributed by atoms with Gasteiger partial charge in [0, 0.05) is 12.6 Å². The molecule has 0 spiro atoms. The fraction of sp³-hybridized carbons (Fsp3) is 0.188. The zero-order valence-corrected chi connectivity index (χ0v) is 14.7. The van der Waals surface area contributed by atoms with E-state index >= 15 is 0 Å². The Labute approximate surface area is 145 Å². The lowest BCUT2D eigenvalue weighted by molar-refractivity contribution is -0.141. The number of hydrogen-bond donors (Lipinski definition) is 1. The molecule has 0 aliphatic rings. The Morgan fingerprint density at radius 2 is 1.83 bits per heavy atom. The van der Waals surface area contributed by atoms with E-state index in [4.69, 9.17) is 4.74 Å². The van der Waals surface area contributed by atoms with E-state index in [2.05, 4.69) is 21.2 Å². The van der Waals surface area contributed by atoms with E-state index in [-0.39, 0.29) is 24.7 Å². The third-order valence-electron chi connectivity index (χ3n) is 2.84. The van der Waals surface area contributed by atoms with Gasteiger partial charge in [-0.3, -0.25) is 14.4 Å². The number of nitrogens with one attached hydrogen (secondary N) is 1. The predicted octanol–water partition coefficient (Wildman–Crippen LogP) is 3.44. The number of esters is 1. The van der Waals surface area contributed by atoms with Crippen LogP contribution in [0.2, 0.25) is 0 Å². The van der Waals surface area contributed by atoms with Crippen LogP contribution in [-0.4, -0.2) is 24.3 Å². The Morgan fingerprint density at radius 1 is 1.13 bits per heavy atom. The molecule has 0 unspecified atom stereocenters. The molecule has 2 aromatic rings. The predicted molar refractivity (Wildman–Crippen MR) is 91.8 cm³/mol. The zero-order chi connectivity index (χ0) is 16.8. The first-order valence-electron chi connectivity index (χ1n) is 6.75. The van der Waals surface area contributed by atoms with Crippen LogP contribution in [0.1, 0.15) is 22.2 Å². The summed E-state index contributed by atoms with van der Waals surface area (Å²) in [6.45, 7) is 1.16. The van der Waals surface area contributed by atoms with Gasteiger partial charge in [0.1, 0.15) is 0 Å². The van der Waals surface area contributed by atoms with Crippen LogP contribution in [0, 0.1) is 0 Å². The minimum Gasteiger partial charge on any atom is -0.457 e. The van der Waals surface area contributed by atoms with Crippen molar-refractivity contribution in [3.63, 3.8) is 0 Å². The SMILES string of the molecule is CC(=O)Nc1ccc(CC(=O)OCC(=O)c2ccc(Br)s2)cc1. The van der Waals surface area contributed by atoms with Crippen molar-refractivity contribution in [3.8, 4) is 0 Å². The van der Waals surface area contributed by atoms with Crippen molar-refractivity contribution >= 4 is 50.6 Å². The summed E-state index contributed by atoms with van der Waals surface area (Å²) in [6, 6.07) is 10.3. The molecule has 1 N–H and O–H groups in total. The number of carbonyl (C=O) groups excluding carboxylic acids is 3. The Morgan fingerprint density at radius 3 is 2.39 bits per heavy atom. The number of carbonyl (C=O) groups is 3. The molecule has 5 nitrogen and oxygen atoms in total. The number of anilines is 1. The maximum absolute atomic E-state index is 11.8. The van der Waals surface area contributed by atoms with Crippen LogP contribution in [-0.2, 0) is 20.7 Å². The average molecular weight is 396 g/mol. The standard InChI is InChI=1S/C16H14BrNO4S/c1-10(19)18-12-4-2-11(3-5-12)8-16(21)22-9-13(20)14-6-7-15(17)23-14/h2-7H,8-9H2,1H3,(H,18,19). The highest BCUT2D eigenvalue weighted by atomic mass is 79.9. The maximum atomic E-state index is 11.8. The Kier molecular flexibility index (Phi) is 6.06. The van der Waals surface area contributed by atoms with Gasteiger partial charge in [-0.1, -0.05) is 12.1 Å². The number of hydrogen-bond acceptors (Lipinski definition) is 5. The molecule has 1 amide bonds. The van der Waals surface area contributed by atoms with Crippen LogP contribution in [0.4, 0.5) is 5.69 Å². The second-order valence-electron chi connectivity index (χ2n) is 4.74. The molecule has 0 saturated carbocycles. The van der Waals surface area contributed by atoms with Crippen molar-refractivity contribution in [1.29, 1.82) is 0 Å². The van der Waals surface area contributed by atoms with Gasteiger partial charge in [0.15, 0.2) is 6.61 Å². The summed E-state index contributed by atoms with van der Waals surface area (Å²) < 4.78 is 5.85. The first-order chi connectivity index (χ1) is 10.9. The van der Waals surface area contributed by atoms with Crippen LogP contribution in [0.3, 0.4) is 0 Å². The third kappa shape index (κ3) is 5.61. The molecule has 7 heteroatoms. The summed E-state index contributed by atoms with van der Waals surface area (Å²) in [4.78, 5) is 35.1. The number of Topliss-reactive ketones (excluding diaryl/α,β-unsaturated/α-hetero) is 1. The molecule has 1 heterocycles. The van der Waals surface area contributed by atoms with E-state index in [0.717, 1.165) is 9.35 Å². The maximum Gasteiger partial charge on any atom is 0.310 e. The largest absolute Gasteiger partial charge is 0.457 e. The summed E-state index contributed by atoms with van der Waals surface area (Å²) in [6.07, 6.45) is 0.0712. The summed E-state index contributed by atoms with van der Waals surface area (Å²) in [5.41, 5.74) is 1.41. The van der Waals surface area contributed by atoms with Gasteiger partial charge in [0.2, 0.25) is 11.7 Å². The van der Waals surface area contributed by atoms with Gasteiger partial charge in [0.05, 0.1) is 15.1 Å². The fourth-order valence-corrected chi connectivity index (χ4v) is 3.12. The monoisotopic (exact) mass is 395 g/mol. The highest BCUT2D eigenvalue weighted by Gasteiger charge is 2.12. The van der Waals surface area contributed by atoms with Gasteiger partial charge >= 0.3 is 5.97 Å². The fourth-order valence-electron chi connectivity index (χ4n) is 1.81. The first kappa shape index (κ1) is 17.4. The Balaban J connectivity index is 1.82. The minimum absolute atomic E-state index is 0.0712. The van der Waals surface area contributed by atoms with Crippen molar-refractivity contribution in [2.24, 2.45) is 0 Å². The number of thiophene rings is 1. The molecular formula is C16H14BrNO4S. The van der Waals surface area contributed by atoms with Crippen molar-refractivity contribution in [2.45, 2.75) is 13.3 Å². The molecule has 0 radical (unpaired) electrons. The molecule has 0 aliphatic heterocycles. The molecule has 120 valence electrons. The summed E-state index contributed by atoms with van der Waals surface area (Å²) in [5, 5.41) is 2.64. The van der Waals surface area contributed by atoms with Crippen molar-refractivity contribution in [3.05, 3.63) is 50.6 Å². The summed E-state index contributed by atoms with van der Waals surface area (Å²) in [5.74, 6) is -0.854. The van der Waals surface area contributed by atoms with E-state index in [1.165, 1.54) is 18.3 Å². The van der Waals surface area contributed by atoms with Gasteiger partial charge in [-0.25, -0.2) is 0 Å². The molecular weight excluding hydrogens is 382 g/mol. The van der Waals surface area contributed by atoms with Crippen LogP contribution < -0.4 is 5.32 Å². The second kappa shape index (κ2) is 8.03. The van der Waals surface area contributed by atoms with E-state index < -0.39 is 5.97 Å². The molecule has 0 bridgehead atoms.